The van der Waals surface area contributed by atoms with Crippen molar-refractivity contribution in [2.24, 2.45) is 0 Å². The second kappa shape index (κ2) is 10.1. The van der Waals surface area contributed by atoms with Crippen LogP contribution in [-0.4, -0.2) is 53.7 Å². The van der Waals surface area contributed by atoms with Crippen molar-refractivity contribution in [2.45, 2.75) is 25.8 Å². The van der Waals surface area contributed by atoms with E-state index < -0.39 is 17.7 Å². The third-order valence-corrected chi connectivity index (χ3v) is 5.17. The molecule has 1 aliphatic rings. The molecule has 1 heterocycles. The van der Waals surface area contributed by atoms with Gasteiger partial charge in [-0.1, -0.05) is 37.6 Å². The van der Waals surface area contributed by atoms with Crippen molar-refractivity contribution in [2.75, 3.05) is 26.9 Å². The molecular formula is C24H27NO6. The zero-order chi connectivity index (χ0) is 22.4. The Morgan fingerprint density at radius 1 is 1.10 bits per heavy atom. The van der Waals surface area contributed by atoms with Gasteiger partial charge in [0.25, 0.3) is 11.7 Å². The van der Waals surface area contributed by atoms with Gasteiger partial charge in [-0.15, -0.1) is 0 Å². The normalized spacial score (nSPS) is 17.8. The summed E-state index contributed by atoms with van der Waals surface area (Å²) < 4.78 is 10.7. The van der Waals surface area contributed by atoms with E-state index in [9.17, 15) is 14.7 Å². The molecule has 1 aliphatic heterocycles. The fourth-order valence-electron chi connectivity index (χ4n) is 3.65. The zero-order valence-electron chi connectivity index (χ0n) is 17.7. The van der Waals surface area contributed by atoms with Gasteiger partial charge in [0.1, 0.15) is 23.9 Å². The highest BCUT2D eigenvalue weighted by Crippen LogP contribution is 2.40. The van der Waals surface area contributed by atoms with Crippen molar-refractivity contribution in [1.29, 1.82) is 0 Å². The molecule has 1 unspecified atom stereocenters. The smallest absolute Gasteiger partial charge is 0.295 e. The van der Waals surface area contributed by atoms with Crippen molar-refractivity contribution >= 4 is 17.4 Å². The number of carbonyl (C=O) groups is 2. The van der Waals surface area contributed by atoms with Crippen LogP contribution in [0.25, 0.3) is 5.76 Å². The van der Waals surface area contributed by atoms with E-state index in [-0.39, 0.29) is 24.5 Å². The number of carbonyl (C=O) groups excluding carboxylic acids is 2. The summed E-state index contributed by atoms with van der Waals surface area (Å²) in [4.78, 5) is 27.4. The number of aliphatic hydroxyl groups excluding tert-OH is 2. The van der Waals surface area contributed by atoms with Crippen LogP contribution in [0.1, 0.15) is 36.9 Å². The predicted molar refractivity (Wildman–Crippen MR) is 116 cm³/mol. The van der Waals surface area contributed by atoms with Crippen molar-refractivity contribution in [3.05, 3.63) is 65.2 Å². The molecule has 0 bridgehead atoms. The number of rotatable bonds is 9. The molecule has 3 rings (SSSR count). The maximum absolute atomic E-state index is 13.0. The minimum absolute atomic E-state index is 0.0358. The molecule has 2 aromatic rings. The Morgan fingerprint density at radius 2 is 1.84 bits per heavy atom. The number of amides is 1. The van der Waals surface area contributed by atoms with Crippen molar-refractivity contribution < 1.29 is 29.3 Å². The molecule has 7 nitrogen and oxygen atoms in total. The lowest BCUT2D eigenvalue weighted by Gasteiger charge is -2.25. The minimum atomic E-state index is -0.740. The van der Waals surface area contributed by atoms with Crippen LogP contribution in [0.2, 0.25) is 0 Å². The Hall–Kier alpha value is -3.32. The van der Waals surface area contributed by atoms with Crippen LogP contribution in [0.5, 0.6) is 11.5 Å². The third kappa shape index (κ3) is 4.72. The summed E-state index contributed by atoms with van der Waals surface area (Å²) in [7, 11) is 1.51. The Morgan fingerprint density at radius 3 is 2.55 bits per heavy atom. The number of hydrogen-bond donors (Lipinski definition) is 2. The van der Waals surface area contributed by atoms with E-state index in [1.165, 1.54) is 12.0 Å². The molecule has 2 N–H and O–H groups in total. The number of methoxy groups -OCH3 is 1. The maximum atomic E-state index is 13.0. The number of likely N-dealkylation sites (tertiary alicyclic amines) is 1. The van der Waals surface area contributed by atoms with Crippen molar-refractivity contribution in [3.63, 3.8) is 0 Å². The van der Waals surface area contributed by atoms with Gasteiger partial charge in [0, 0.05) is 12.1 Å². The van der Waals surface area contributed by atoms with Crippen molar-refractivity contribution in [3.8, 4) is 11.5 Å². The standard InChI is InChI=1S/C24H27NO6/c1-3-4-11-25-21(16-7-5-10-19(14-16)31-13-12-26)20(23(28)24(25)29)22(27)17-8-6-9-18(15-17)30-2/h5-10,14-15,21,26-27H,3-4,11-13H2,1-2H3/b22-20-. The van der Waals surface area contributed by atoms with E-state index in [1.807, 2.05) is 6.92 Å². The second-order valence-electron chi connectivity index (χ2n) is 7.22. The van der Waals surface area contributed by atoms with Gasteiger partial charge in [-0.05, 0) is 36.2 Å². The lowest BCUT2D eigenvalue weighted by Crippen LogP contribution is -2.30. The number of ketones is 1. The average molecular weight is 425 g/mol. The molecule has 164 valence electrons. The number of Topliss-reactive ketones (excluding diaryl/α,β-unsaturated/α-hetero) is 1. The number of ether oxygens (including phenoxy) is 2. The Kier molecular flexibility index (Phi) is 7.31. The Bertz CT molecular complexity index is 984. The topological polar surface area (TPSA) is 96.3 Å². The van der Waals surface area contributed by atoms with E-state index in [4.69, 9.17) is 14.6 Å². The van der Waals surface area contributed by atoms with Crippen molar-refractivity contribution in [1.82, 2.24) is 4.90 Å². The van der Waals surface area contributed by atoms with Gasteiger partial charge in [-0.3, -0.25) is 9.59 Å². The first kappa shape index (κ1) is 22.4. The van der Waals surface area contributed by atoms with E-state index in [2.05, 4.69) is 0 Å². The van der Waals surface area contributed by atoms with Crippen LogP contribution >= 0.6 is 0 Å². The molecule has 1 fully saturated rings. The van der Waals surface area contributed by atoms with Gasteiger partial charge in [-0.2, -0.15) is 0 Å². The molecular weight excluding hydrogens is 398 g/mol. The van der Waals surface area contributed by atoms with Crippen LogP contribution in [0.15, 0.2) is 54.1 Å². The molecule has 0 saturated carbocycles. The summed E-state index contributed by atoms with van der Waals surface area (Å²) in [5, 5.41) is 20.1. The highest BCUT2D eigenvalue weighted by Gasteiger charge is 2.45. The molecule has 7 heteroatoms. The van der Waals surface area contributed by atoms with Gasteiger partial charge < -0.3 is 24.6 Å². The third-order valence-electron chi connectivity index (χ3n) is 5.17. The highest BCUT2D eigenvalue weighted by molar-refractivity contribution is 6.46. The molecule has 0 spiro atoms. The van der Waals surface area contributed by atoms with Gasteiger partial charge >= 0.3 is 0 Å². The summed E-state index contributed by atoms with van der Waals surface area (Å²) in [6.45, 7) is 2.39. The van der Waals surface area contributed by atoms with Crippen LogP contribution in [0, 0.1) is 0 Å². The first-order valence-electron chi connectivity index (χ1n) is 10.3. The second-order valence-corrected chi connectivity index (χ2v) is 7.22. The lowest BCUT2D eigenvalue weighted by atomic mass is 9.95. The number of aliphatic hydroxyl groups is 2. The van der Waals surface area contributed by atoms with E-state index in [1.54, 1.807) is 48.5 Å². The van der Waals surface area contributed by atoms with Gasteiger partial charge in [0.15, 0.2) is 0 Å². The molecule has 0 aromatic heterocycles. The first-order chi connectivity index (χ1) is 15.0. The maximum Gasteiger partial charge on any atom is 0.295 e. The summed E-state index contributed by atoms with van der Waals surface area (Å²) in [5.74, 6) is -0.565. The fraction of sp³-hybridized carbons (Fsp3) is 0.333. The largest absolute Gasteiger partial charge is 0.507 e. The van der Waals surface area contributed by atoms with Gasteiger partial charge in [-0.25, -0.2) is 0 Å². The molecule has 0 radical (unpaired) electrons. The van der Waals surface area contributed by atoms with E-state index in [0.717, 1.165) is 12.8 Å². The van der Waals surface area contributed by atoms with Crippen LogP contribution in [-0.2, 0) is 9.59 Å². The number of unbranched alkanes of at least 4 members (excludes halogenated alkanes) is 1. The molecule has 1 atom stereocenters. The monoisotopic (exact) mass is 425 g/mol. The fourth-order valence-corrected chi connectivity index (χ4v) is 3.65. The number of benzene rings is 2. The zero-order valence-corrected chi connectivity index (χ0v) is 17.7. The van der Waals surface area contributed by atoms with Gasteiger partial charge in [0.2, 0.25) is 0 Å². The minimum Gasteiger partial charge on any atom is -0.507 e. The lowest BCUT2D eigenvalue weighted by molar-refractivity contribution is -0.139. The van der Waals surface area contributed by atoms with E-state index in [0.29, 0.717) is 29.2 Å². The van der Waals surface area contributed by atoms with Crippen LogP contribution < -0.4 is 9.47 Å². The summed E-state index contributed by atoms with van der Waals surface area (Å²) >= 11 is 0. The Labute approximate surface area is 181 Å². The quantitative estimate of drug-likeness (QED) is 0.364. The average Bonchev–Trinajstić information content (AvgIpc) is 3.05. The molecule has 2 aromatic carbocycles. The predicted octanol–water partition coefficient (Wildman–Crippen LogP) is 3.29. The summed E-state index contributed by atoms with van der Waals surface area (Å²) in [6, 6.07) is 13.0. The molecule has 31 heavy (non-hydrogen) atoms. The van der Waals surface area contributed by atoms with Gasteiger partial charge in [0.05, 0.1) is 25.3 Å². The van der Waals surface area contributed by atoms with Crippen LogP contribution in [0.4, 0.5) is 0 Å². The molecule has 1 amide bonds. The molecule has 1 saturated heterocycles. The highest BCUT2D eigenvalue weighted by atomic mass is 16.5. The SMILES string of the molecule is CCCCN1C(=O)C(=O)/C(=C(\O)c2cccc(OC)c2)C1c1cccc(OCCO)c1. The Balaban J connectivity index is 2.13. The summed E-state index contributed by atoms with van der Waals surface area (Å²) in [5.41, 5.74) is 1.08. The summed E-state index contributed by atoms with van der Waals surface area (Å²) in [6.07, 6.45) is 1.58. The van der Waals surface area contributed by atoms with E-state index >= 15 is 0 Å². The number of hydrogen-bond acceptors (Lipinski definition) is 6. The molecule has 0 aliphatic carbocycles. The first-order valence-corrected chi connectivity index (χ1v) is 10.3. The number of nitrogens with zero attached hydrogens (tertiary/aromatic N) is 1. The van der Waals surface area contributed by atoms with Crippen LogP contribution in [0.3, 0.4) is 0 Å².